The lowest BCUT2D eigenvalue weighted by Crippen LogP contribution is -2.29. The summed E-state index contributed by atoms with van der Waals surface area (Å²) >= 11 is 0. The molecule has 4 heteroatoms. The highest BCUT2D eigenvalue weighted by Crippen LogP contribution is 2.19. The van der Waals surface area contributed by atoms with Gasteiger partial charge in [0.15, 0.2) is 0 Å². The standard InChI is InChI=1S/C8H16O4/c1-3-12-7(11)4-8(2,5-9)6-10/h9-10H,3-6H2,1-2H3. The number of carbonyl (C=O) groups is 1. The minimum absolute atomic E-state index is 0.0494. The van der Waals surface area contributed by atoms with Gasteiger partial charge in [-0.05, 0) is 6.92 Å². The molecule has 0 aromatic heterocycles. The van der Waals surface area contributed by atoms with E-state index in [1.807, 2.05) is 0 Å². The Balaban J connectivity index is 3.93. The van der Waals surface area contributed by atoms with Crippen LogP contribution in [-0.4, -0.2) is 36.0 Å². The summed E-state index contributed by atoms with van der Waals surface area (Å²) in [7, 11) is 0. The first kappa shape index (κ1) is 11.4. The van der Waals surface area contributed by atoms with Crippen LogP contribution in [-0.2, 0) is 9.53 Å². The van der Waals surface area contributed by atoms with Gasteiger partial charge in [-0.3, -0.25) is 4.79 Å². The second kappa shape index (κ2) is 5.11. The Hall–Kier alpha value is -0.610. The van der Waals surface area contributed by atoms with Crippen molar-refractivity contribution in [3.63, 3.8) is 0 Å². The number of carbonyl (C=O) groups excluding carboxylic acids is 1. The van der Waals surface area contributed by atoms with Gasteiger partial charge < -0.3 is 14.9 Å². The molecule has 0 unspecified atom stereocenters. The van der Waals surface area contributed by atoms with E-state index < -0.39 is 5.41 Å². The topological polar surface area (TPSA) is 66.8 Å². The molecular formula is C8H16O4. The third-order valence-corrected chi connectivity index (χ3v) is 1.64. The van der Waals surface area contributed by atoms with E-state index >= 15 is 0 Å². The first-order chi connectivity index (χ1) is 5.58. The maximum absolute atomic E-state index is 10.9. The Morgan fingerprint density at radius 1 is 1.42 bits per heavy atom. The number of esters is 1. The van der Waals surface area contributed by atoms with Crippen molar-refractivity contribution in [2.75, 3.05) is 19.8 Å². The van der Waals surface area contributed by atoms with Crippen molar-refractivity contribution in [3.8, 4) is 0 Å². The molecule has 0 spiro atoms. The van der Waals surface area contributed by atoms with Gasteiger partial charge in [-0.1, -0.05) is 6.92 Å². The number of aliphatic hydroxyl groups is 2. The maximum Gasteiger partial charge on any atom is 0.306 e. The normalized spacial score (nSPS) is 11.3. The molecule has 0 saturated heterocycles. The average Bonchev–Trinajstić information content (AvgIpc) is 2.05. The van der Waals surface area contributed by atoms with Gasteiger partial charge in [0.25, 0.3) is 0 Å². The Morgan fingerprint density at radius 2 is 1.92 bits per heavy atom. The van der Waals surface area contributed by atoms with Gasteiger partial charge in [-0.15, -0.1) is 0 Å². The van der Waals surface area contributed by atoms with E-state index in [1.54, 1.807) is 13.8 Å². The Bertz CT molecular complexity index is 140. The SMILES string of the molecule is CCOC(=O)CC(C)(CO)CO. The minimum atomic E-state index is -0.758. The summed E-state index contributed by atoms with van der Waals surface area (Å²) in [4.78, 5) is 10.9. The second-order valence-electron chi connectivity index (χ2n) is 3.11. The fourth-order valence-electron chi connectivity index (χ4n) is 0.722. The number of hydrogen-bond donors (Lipinski definition) is 2. The van der Waals surface area contributed by atoms with Crippen LogP contribution in [0.4, 0.5) is 0 Å². The summed E-state index contributed by atoms with van der Waals surface area (Å²) < 4.78 is 4.68. The highest BCUT2D eigenvalue weighted by atomic mass is 16.5. The van der Waals surface area contributed by atoms with E-state index in [1.165, 1.54) is 0 Å². The van der Waals surface area contributed by atoms with Crippen molar-refractivity contribution in [2.45, 2.75) is 20.3 Å². The lowest BCUT2D eigenvalue weighted by atomic mass is 9.89. The van der Waals surface area contributed by atoms with E-state index in [4.69, 9.17) is 10.2 Å². The molecule has 0 fully saturated rings. The van der Waals surface area contributed by atoms with Gasteiger partial charge in [0, 0.05) is 5.41 Å². The predicted octanol–water partition coefficient (Wildman–Crippen LogP) is -0.0695. The monoisotopic (exact) mass is 176 g/mol. The van der Waals surface area contributed by atoms with Crippen LogP contribution in [0.2, 0.25) is 0 Å². The quantitative estimate of drug-likeness (QED) is 0.575. The number of aliphatic hydroxyl groups excluding tert-OH is 2. The summed E-state index contributed by atoms with van der Waals surface area (Å²) in [6.45, 7) is 3.23. The van der Waals surface area contributed by atoms with E-state index in [-0.39, 0.29) is 25.6 Å². The van der Waals surface area contributed by atoms with Crippen LogP contribution in [0, 0.1) is 5.41 Å². The van der Waals surface area contributed by atoms with Crippen LogP contribution in [0.1, 0.15) is 20.3 Å². The molecular weight excluding hydrogens is 160 g/mol. The molecule has 0 rings (SSSR count). The van der Waals surface area contributed by atoms with Crippen molar-refractivity contribution in [3.05, 3.63) is 0 Å². The molecule has 0 saturated carbocycles. The Morgan fingerprint density at radius 3 is 2.25 bits per heavy atom. The molecule has 0 aliphatic rings. The fourth-order valence-corrected chi connectivity index (χ4v) is 0.722. The van der Waals surface area contributed by atoms with Crippen LogP contribution in [0.15, 0.2) is 0 Å². The second-order valence-corrected chi connectivity index (χ2v) is 3.11. The highest BCUT2D eigenvalue weighted by molar-refractivity contribution is 5.70. The Labute approximate surface area is 72.2 Å². The molecule has 0 aromatic carbocycles. The van der Waals surface area contributed by atoms with Crippen molar-refractivity contribution >= 4 is 5.97 Å². The predicted molar refractivity (Wildman–Crippen MR) is 43.5 cm³/mol. The fraction of sp³-hybridized carbons (Fsp3) is 0.875. The molecule has 0 aromatic rings. The van der Waals surface area contributed by atoms with Gasteiger partial charge in [-0.25, -0.2) is 0 Å². The minimum Gasteiger partial charge on any atom is -0.466 e. The first-order valence-electron chi connectivity index (χ1n) is 3.95. The lowest BCUT2D eigenvalue weighted by Gasteiger charge is -2.22. The Kier molecular flexibility index (Phi) is 4.85. The zero-order valence-electron chi connectivity index (χ0n) is 7.54. The zero-order chi connectivity index (χ0) is 9.61. The molecule has 0 radical (unpaired) electrons. The van der Waals surface area contributed by atoms with Crippen molar-refractivity contribution < 1.29 is 19.7 Å². The molecule has 4 nitrogen and oxygen atoms in total. The van der Waals surface area contributed by atoms with Crippen LogP contribution >= 0.6 is 0 Å². The first-order valence-corrected chi connectivity index (χ1v) is 3.95. The van der Waals surface area contributed by atoms with Gasteiger partial charge in [-0.2, -0.15) is 0 Å². The summed E-state index contributed by atoms with van der Waals surface area (Å²) in [5, 5.41) is 17.7. The third kappa shape index (κ3) is 3.69. The average molecular weight is 176 g/mol. The molecule has 0 amide bonds. The molecule has 12 heavy (non-hydrogen) atoms. The van der Waals surface area contributed by atoms with Gasteiger partial charge >= 0.3 is 5.97 Å². The van der Waals surface area contributed by atoms with Crippen LogP contribution in [0.25, 0.3) is 0 Å². The van der Waals surface area contributed by atoms with Crippen LogP contribution in [0.5, 0.6) is 0 Å². The van der Waals surface area contributed by atoms with Crippen LogP contribution in [0.3, 0.4) is 0 Å². The molecule has 0 aliphatic heterocycles. The van der Waals surface area contributed by atoms with E-state index in [0.717, 1.165) is 0 Å². The molecule has 0 bridgehead atoms. The largest absolute Gasteiger partial charge is 0.466 e. The smallest absolute Gasteiger partial charge is 0.306 e. The van der Waals surface area contributed by atoms with E-state index in [2.05, 4.69) is 4.74 Å². The molecule has 0 heterocycles. The lowest BCUT2D eigenvalue weighted by molar-refractivity contribution is -0.147. The van der Waals surface area contributed by atoms with Crippen molar-refractivity contribution in [2.24, 2.45) is 5.41 Å². The summed E-state index contributed by atoms with van der Waals surface area (Å²) in [5.41, 5.74) is -0.758. The zero-order valence-corrected chi connectivity index (χ0v) is 7.54. The summed E-state index contributed by atoms with van der Waals surface area (Å²) in [6, 6.07) is 0. The number of rotatable bonds is 5. The van der Waals surface area contributed by atoms with E-state index in [0.29, 0.717) is 6.61 Å². The number of hydrogen-bond acceptors (Lipinski definition) is 4. The van der Waals surface area contributed by atoms with Crippen molar-refractivity contribution in [1.29, 1.82) is 0 Å². The highest BCUT2D eigenvalue weighted by Gasteiger charge is 2.26. The van der Waals surface area contributed by atoms with Gasteiger partial charge in [0.05, 0.1) is 26.2 Å². The van der Waals surface area contributed by atoms with E-state index in [9.17, 15) is 4.79 Å². The van der Waals surface area contributed by atoms with Crippen molar-refractivity contribution in [1.82, 2.24) is 0 Å². The molecule has 2 N–H and O–H groups in total. The third-order valence-electron chi connectivity index (χ3n) is 1.64. The summed E-state index contributed by atoms with van der Waals surface area (Å²) in [6.07, 6.45) is 0.0494. The molecule has 0 atom stereocenters. The van der Waals surface area contributed by atoms with Gasteiger partial charge in [0.2, 0.25) is 0 Å². The van der Waals surface area contributed by atoms with Gasteiger partial charge in [0.1, 0.15) is 0 Å². The molecule has 72 valence electrons. The maximum atomic E-state index is 10.9. The summed E-state index contributed by atoms with van der Waals surface area (Å²) in [5.74, 6) is -0.386. The number of ether oxygens (including phenoxy) is 1. The van der Waals surface area contributed by atoms with Crippen LogP contribution < -0.4 is 0 Å². The molecule has 0 aliphatic carbocycles.